The number of nitrogens with zero attached hydrogens (tertiary/aromatic N) is 3. The zero-order valence-corrected chi connectivity index (χ0v) is 13.8. The molecule has 0 aliphatic carbocycles. The van der Waals surface area contributed by atoms with E-state index in [0.29, 0.717) is 6.42 Å². The van der Waals surface area contributed by atoms with Crippen molar-refractivity contribution in [3.8, 4) is 0 Å². The fraction of sp³-hybridized carbons (Fsp3) is 0.571. The molecule has 6 nitrogen and oxygen atoms in total. The summed E-state index contributed by atoms with van der Waals surface area (Å²) in [5, 5.41) is 0. The molecular weight excluding hydrogens is 328 g/mol. The molecule has 2 heterocycles. The van der Waals surface area contributed by atoms with Crippen LogP contribution in [0.4, 0.5) is 8.78 Å². The van der Waals surface area contributed by atoms with Crippen molar-refractivity contribution < 1.29 is 22.0 Å². The second-order valence-electron chi connectivity index (χ2n) is 5.55. The highest BCUT2D eigenvalue weighted by Crippen LogP contribution is 2.31. The Kier molecular flexibility index (Phi) is 5.00. The molecule has 0 N–H and O–H groups in total. The van der Waals surface area contributed by atoms with Gasteiger partial charge in [0.05, 0.1) is 6.26 Å². The van der Waals surface area contributed by atoms with E-state index >= 15 is 0 Å². The van der Waals surface area contributed by atoms with Gasteiger partial charge in [0.15, 0.2) is 0 Å². The number of alkyl halides is 2. The van der Waals surface area contributed by atoms with Crippen LogP contribution in [0, 0.1) is 6.92 Å². The number of amides is 1. The molecule has 0 unspecified atom stereocenters. The van der Waals surface area contributed by atoms with Gasteiger partial charge in [0, 0.05) is 32.4 Å². The van der Waals surface area contributed by atoms with E-state index in [-0.39, 0.29) is 31.7 Å². The number of carbonyl (C=O) groups is 1. The van der Waals surface area contributed by atoms with Gasteiger partial charge in [-0.2, -0.15) is 8.78 Å². The Bertz CT molecular complexity index is 694. The van der Waals surface area contributed by atoms with Crippen molar-refractivity contribution in [2.45, 2.75) is 19.3 Å². The van der Waals surface area contributed by atoms with Gasteiger partial charge < -0.3 is 4.90 Å². The van der Waals surface area contributed by atoms with Gasteiger partial charge in [-0.1, -0.05) is 6.07 Å². The van der Waals surface area contributed by atoms with E-state index in [1.165, 1.54) is 29.6 Å². The Balaban J connectivity index is 2.18. The van der Waals surface area contributed by atoms with Crippen molar-refractivity contribution in [3.63, 3.8) is 0 Å². The fourth-order valence-electron chi connectivity index (χ4n) is 2.54. The number of carbonyl (C=O) groups excluding carboxylic acids is 1. The predicted molar refractivity (Wildman–Crippen MR) is 80.5 cm³/mol. The second-order valence-corrected chi connectivity index (χ2v) is 7.53. The van der Waals surface area contributed by atoms with Gasteiger partial charge >= 0.3 is 5.92 Å². The smallest absolute Gasteiger partial charge is 0.336 e. The number of halogens is 2. The summed E-state index contributed by atoms with van der Waals surface area (Å²) in [7, 11) is -3.40. The number of hydrogen-bond acceptors (Lipinski definition) is 4. The zero-order valence-electron chi connectivity index (χ0n) is 13.0. The maximum Gasteiger partial charge on any atom is 0.366 e. The van der Waals surface area contributed by atoms with E-state index in [2.05, 4.69) is 4.98 Å². The minimum Gasteiger partial charge on any atom is -0.336 e. The molecule has 0 bridgehead atoms. The minimum absolute atomic E-state index is 0.0157. The van der Waals surface area contributed by atoms with Crippen LogP contribution in [0.25, 0.3) is 0 Å². The maximum absolute atomic E-state index is 14.5. The molecule has 1 aromatic rings. The highest BCUT2D eigenvalue weighted by atomic mass is 32.2. The summed E-state index contributed by atoms with van der Waals surface area (Å²) in [6, 6.07) is 2.99. The van der Waals surface area contributed by atoms with Crippen LogP contribution in [0.2, 0.25) is 0 Å². The van der Waals surface area contributed by atoms with Crippen molar-refractivity contribution in [2.75, 3.05) is 32.4 Å². The molecule has 0 spiro atoms. The van der Waals surface area contributed by atoms with E-state index in [1.54, 1.807) is 0 Å². The molecule has 2 rings (SSSR count). The lowest BCUT2D eigenvalue weighted by Gasteiger charge is -2.26. The zero-order chi connectivity index (χ0) is 17.3. The molecule has 9 heteroatoms. The molecule has 0 atom stereocenters. The van der Waals surface area contributed by atoms with Crippen LogP contribution in [0.15, 0.2) is 18.3 Å². The molecule has 0 radical (unpaired) electrons. The number of sulfonamides is 1. The Morgan fingerprint density at radius 3 is 2.57 bits per heavy atom. The lowest BCUT2D eigenvalue weighted by Crippen LogP contribution is -2.44. The number of aryl methyl sites for hydroxylation is 1. The average Bonchev–Trinajstić information content (AvgIpc) is 2.72. The Labute approximate surface area is 134 Å². The second kappa shape index (κ2) is 6.48. The molecule has 0 aromatic carbocycles. The summed E-state index contributed by atoms with van der Waals surface area (Å²) in [6.07, 6.45) is 2.60. The molecule has 1 aliphatic heterocycles. The molecule has 0 saturated carbocycles. The van der Waals surface area contributed by atoms with Crippen molar-refractivity contribution in [1.82, 2.24) is 14.2 Å². The van der Waals surface area contributed by atoms with Crippen LogP contribution < -0.4 is 0 Å². The molecule has 1 aromatic heterocycles. The standard InChI is InChI=1S/C14H19F2N3O3S/c1-11-5-3-6-17-12(11)14(15,16)13(20)18-7-4-8-19(10-9-18)23(2,21)22/h3,5-6H,4,7-10H2,1-2H3. The third-order valence-corrected chi connectivity index (χ3v) is 5.09. The van der Waals surface area contributed by atoms with Crippen LogP contribution >= 0.6 is 0 Å². The lowest BCUT2D eigenvalue weighted by atomic mass is 10.1. The minimum atomic E-state index is -3.73. The Morgan fingerprint density at radius 2 is 1.96 bits per heavy atom. The summed E-state index contributed by atoms with van der Waals surface area (Å²) in [5.41, 5.74) is -0.326. The number of pyridine rings is 1. The van der Waals surface area contributed by atoms with Crippen molar-refractivity contribution >= 4 is 15.9 Å². The molecule has 1 fully saturated rings. The van der Waals surface area contributed by atoms with Gasteiger partial charge in [-0.15, -0.1) is 0 Å². The van der Waals surface area contributed by atoms with Crippen LogP contribution in [-0.4, -0.2) is 60.9 Å². The summed E-state index contributed by atoms with van der Waals surface area (Å²) in [5.74, 6) is -5.07. The lowest BCUT2D eigenvalue weighted by molar-refractivity contribution is -0.159. The molecule has 23 heavy (non-hydrogen) atoms. The van der Waals surface area contributed by atoms with Crippen molar-refractivity contribution in [2.24, 2.45) is 0 Å². The first kappa shape index (κ1) is 17.7. The van der Waals surface area contributed by atoms with E-state index in [1.807, 2.05) is 0 Å². The number of hydrogen-bond donors (Lipinski definition) is 0. The van der Waals surface area contributed by atoms with Crippen LogP contribution in [-0.2, 0) is 20.7 Å². The van der Waals surface area contributed by atoms with Crippen molar-refractivity contribution in [3.05, 3.63) is 29.6 Å². The molecular formula is C14H19F2N3O3S. The summed E-state index contributed by atoms with van der Waals surface area (Å²) in [6.45, 7) is 1.73. The Morgan fingerprint density at radius 1 is 1.26 bits per heavy atom. The summed E-state index contributed by atoms with van der Waals surface area (Å²) >= 11 is 0. The van der Waals surface area contributed by atoms with Gasteiger partial charge in [-0.3, -0.25) is 9.78 Å². The van der Waals surface area contributed by atoms with Crippen LogP contribution in [0.3, 0.4) is 0 Å². The molecule has 1 amide bonds. The molecule has 1 aliphatic rings. The quantitative estimate of drug-likeness (QED) is 0.817. The molecule has 128 valence electrons. The van der Waals surface area contributed by atoms with E-state index in [4.69, 9.17) is 0 Å². The maximum atomic E-state index is 14.5. The normalized spacial score (nSPS) is 17.8. The van der Waals surface area contributed by atoms with Gasteiger partial charge in [-0.05, 0) is 25.0 Å². The monoisotopic (exact) mass is 347 g/mol. The van der Waals surface area contributed by atoms with Crippen LogP contribution in [0.1, 0.15) is 17.7 Å². The number of aromatic nitrogens is 1. The van der Waals surface area contributed by atoms with E-state index < -0.39 is 27.5 Å². The topological polar surface area (TPSA) is 70.6 Å². The van der Waals surface area contributed by atoms with Gasteiger partial charge in [-0.25, -0.2) is 12.7 Å². The average molecular weight is 347 g/mol. The van der Waals surface area contributed by atoms with Crippen LogP contribution in [0.5, 0.6) is 0 Å². The third kappa shape index (κ3) is 3.84. The SMILES string of the molecule is Cc1cccnc1C(F)(F)C(=O)N1CCCN(S(C)(=O)=O)CC1. The Hall–Kier alpha value is -1.61. The van der Waals surface area contributed by atoms with Crippen molar-refractivity contribution in [1.29, 1.82) is 0 Å². The van der Waals surface area contributed by atoms with Gasteiger partial charge in [0.2, 0.25) is 10.0 Å². The highest BCUT2D eigenvalue weighted by Gasteiger charge is 2.46. The third-order valence-electron chi connectivity index (χ3n) is 3.79. The first-order valence-electron chi connectivity index (χ1n) is 7.18. The highest BCUT2D eigenvalue weighted by molar-refractivity contribution is 7.88. The van der Waals surface area contributed by atoms with E-state index in [0.717, 1.165) is 11.2 Å². The summed E-state index contributed by atoms with van der Waals surface area (Å²) in [4.78, 5) is 16.9. The van der Waals surface area contributed by atoms with Gasteiger partial charge in [0.1, 0.15) is 5.69 Å². The van der Waals surface area contributed by atoms with Gasteiger partial charge in [0.25, 0.3) is 5.91 Å². The summed E-state index contributed by atoms with van der Waals surface area (Å²) < 4.78 is 53.2. The predicted octanol–water partition coefficient (Wildman–Crippen LogP) is 0.976. The first-order valence-corrected chi connectivity index (χ1v) is 9.03. The largest absolute Gasteiger partial charge is 0.366 e. The van der Waals surface area contributed by atoms with E-state index in [9.17, 15) is 22.0 Å². The molecule has 1 saturated heterocycles. The fourth-order valence-corrected chi connectivity index (χ4v) is 3.42. The number of rotatable bonds is 3. The first-order chi connectivity index (χ1) is 10.6.